The van der Waals surface area contributed by atoms with Gasteiger partial charge in [-0.15, -0.1) is 0 Å². The Morgan fingerprint density at radius 3 is 3.00 bits per heavy atom. The number of hydrogen-bond acceptors (Lipinski definition) is 3. The van der Waals surface area contributed by atoms with E-state index in [0.29, 0.717) is 5.56 Å². The molecule has 92 valence electrons. The van der Waals surface area contributed by atoms with Gasteiger partial charge in [0.05, 0.1) is 0 Å². The minimum Gasteiger partial charge on any atom is -0.508 e. The van der Waals surface area contributed by atoms with Crippen LogP contribution >= 0.6 is 0 Å². The minimum atomic E-state index is -0.117. The lowest BCUT2D eigenvalue weighted by Gasteiger charge is -2.23. The van der Waals surface area contributed by atoms with Gasteiger partial charge < -0.3 is 15.7 Å². The lowest BCUT2D eigenvalue weighted by atomic mass is 10.1. The molecule has 1 aromatic carbocycles. The molecule has 0 bridgehead atoms. The van der Waals surface area contributed by atoms with Gasteiger partial charge in [-0.05, 0) is 44.0 Å². The summed E-state index contributed by atoms with van der Waals surface area (Å²) in [6.07, 6.45) is 2.10. The monoisotopic (exact) mass is 234 g/mol. The standard InChI is InChI=1S/C13H18N2O2/c1-9-4-5-10(7-12(9)16)13(17)15-11-3-2-6-14-8-11/h4-5,7,11,14,16H,2-3,6,8H2,1H3,(H,15,17). The van der Waals surface area contributed by atoms with Crippen molar-refractivity contribution in [2.75, 3.05) is 13.1 Å². The molecule has 1 aliphatic rings. The molecule has 1 heterocycles. The zero-order chi connectivity index (χ0) is 12.3. The van der Waals surface area contributed by atoms with Crippen LogP contribution in [0.3, 0.4) is 0 Å². The molecule has 17 heavy (non-hydrogen) atoms. The van der Waals surface area contributed by atoms with Crippen molar-refractivity contribution in [2.24, 2.45) is 0 Å². The van der Waals surface area contributed by atoms with Crippen LogP contribution in [0.25, 0.3) is 0 Å². The predicted molar refractivity (Wildman–Crippen MR) is 66.2 cm³/mol. The molecule has 0 spiro atoms. The summed E-state index contributed by atoms with van der Waals surface area (Å²) in [6, 6.07) is 5.20. The highest BCUT2D eigenvalue weighted by Crippen LogP contribution is 2.17. The molecule has 1 atom stereocenters. The van der Waals surface area contributed by atoms with Crippen LogP contribution < -0.4 is 10.6 Å². The van der Waals surface area contributed by atoms with Crippen molar-refractivity contribution in [2.45, 2.75) is 25.8 Å². The molecule has 1 fully saturated rings. The van der Waals surface area contributed by atoms with Gasteiger partial charge in [0.1, 0.15) is 5.75 Å². The zero-order valence-corrected chi connectivity index (χ0v) is 9.99. The molecule has 0 saturated carbocycles. The summed E-state index contributed by atoms with van der Waals surface area (Å²) in [4.78, 5) is 11.9. The molecule has 1 amide bonds. The van der Waals surface area contributed by atoms with Gasteiger partial charge in [-0.1, -0.05) is 6.07 Å². The number of amides is 1. The number of aryl methyl sites for hydroxylation is 1. The summed E-state index contributed by atoms with van der Waals surface area (Å²) in [7, 11) is 0. The number of hydrogen-bond donors (Lipinski definition) is 3. The van der Waals surface area contributed by atoms with Crippen LogP contribution in [-0.4, -0.2) is 30.1 Å². The maximum atomic E-state index is 11.9. The smallest absolute Gasteiger partial charge is 0.251 e. The maximum Gasteiger partial charge on any atom is 0.251 e. The first-order chi connectivity index (χ1) is 8.16. The van der Waals surface area contributed by atoms with Crippen molar-refractivity contribution in [3.8, 4) is 5.75 Å². The predicted octanol–water partition coefficient (Wildman–Crippen LogP) is 1.18. The number of carbonyl (C=O) groups is 1. The van der Waals surface area contributed by atoms with Gasteiger partial charge in [0.15, 0.2) is 0 Å². The molecule has 3 N–H and O–H groups in total. The van der Waals surface area contributed by atoms with E-state index in [1.54, 1.807) is 12.1 Å². The Kier molecular flexibility index (Phi) is 3.64. The maximum absolute atomic E-state index is 11.9. The fraction of sp³-hybridized carbons (Fsp3) is 0.462. The molecule has 1 unspecified atom stereocenters. The second-order valence-electron chi connectivity index (χ2n) is 4.52. The lowest BCUT2D eigenvalue weighted by molar-refractivity contribution is 0.0930. The SMILES string of the molecule is Cc1ccc(C(=O)NC2CCCNC2)cc1O. The first kappa shape index (κ1) is 11.9. The van der Waals surface area contributed by atoms with Gasteiger partial charge in [0.25, 0.3) is 5.91 Å². The molecular formula is C13H18N2O2. The molecule has 0 radical (unpaired) electrons. The van der Waals surface area contributed by atoms with Crippen LogP contribution in [-0.2, 0) is 0 Å². The Morgan fingerprint density at radius 1 is 1.53 bits per heavy atom. The largest absolute Gasteiger partial charge is 0.508 e. The van der Waals surface area contributed by atoms with Crippen molar-refractivity contribution in [3.05, 3.63) is 29.3 Å². The fourth-order valence-corrected chi connectivity index (χ4v) is 1.99. The molecule has 0 aromatic heterocycles. The second-order valence-corrected chi connectivity index (χ2v) is 4.52. The summed E-state index contributed by atoms with van der Waals surface area (Å²) in [5.74, 6) is 0.0495. The normalized spacial score (nSPS) is 19.9. The number of benzene rings is 1. The lowest BCUT2D eigenvalue weighted by Crippen LogP contribution is -2.45. The highest BCUT2D eigenvalue weighted by Gasteiger charge is 2.16. The molecule has 1 aromatic rings. The van der Waals surface area contributed by atoms with Crippen molar-refractivity contribution >= 4 is 5.91 Å². The van der Waals surface area contributed by atoms with Gasteiger partial charge >= 0.3 is 0 Å². The summed E-state index contributed by atoms with van der Waals surface area (Å²) < 4.78 is 0. The molecule has 4 heteroatoms. The first-order valence-corrected chi connectivity index (χ1v) is 5.98. The number of carbonyl (C=O) groups excluding carboxylic acids is 1. The van der Waals surface area contributed by atoms with E-state index in [4.69, 9.17) is 0 Å². The molecule has 1 saturated heterocycles. The van der Waals surface area contributed by atoms with Gasteiger partial charge in [0, 0.05) is 18.2 Å². The van der Waals surface area contributed by atoms with E-state index in [0.717, 1.165) is 31.5 Å². The molecule has 2 rings (SSSR count). The Labute approximate surface area is 101 Å². The van der Waals surface area contributed by atoms with Crippen LogP contribution in [0.1, 0.15) is 28.8 Å². The van der Waals surface area contributed by atoms with Crippen molar-refractivity contribution < 1.29 is 9.90 Å². The third-order valence-electron chi connectivity index (χ3n) is 3.10. The zero-order valence-electron chi connectivity index (χ0n) is 9.99. The summed E-state index contributed by atoms with van der Waals surface area (Å²) in [6.45, 7) is 3.66. The fourth-order valence-electron chi connectivity index (χ4n) is 1.99. The van der Waals surface area contributed by atoms with E-state index in [1.165, 1.54) is 6.07 Å². The van der Waals surface area contributed by atoms with E-state index in [2.05, 4.69) is 10.6 Å². The van der Waals surface area contributed by atoms with Crippen molar-refractivity contribution in [1.82, 2.24) is 10.6 Å². The van der Waals surface area contributed by atoms with Gasteiger partial charge in [-0.2, -0.15) is 0 Å². The second kappa shape index (κ2) is 5.19. The van der Waals surface area contributed by atoms with Gasteiger partial charge in [-0.3, -0.25) is 4.79 Å². The highest BCUT2D eigenvalue weighted by atomic mass is 16.3. The number of rotatable bonds is 2. The number of phenolic OH excluding ortho intramolecular Hbond substituents is 1. The average molecular weight is 234 g/mol. The van der Waals surface area contributed by atoms with Crippen molar-refractivity contribution in [1.29, 1.82) is 0 Å². The Balaban J connectivity index is 2.01. The number of aromatic hydroxyl groups is 1. The Hall–Kier alpha value is -1.55. The summed E-state index contributed by atoms with van der Waals surface area (Å²) >= 11 is 0. The number of piperidine rings is 1. The summed E-state index contributed by atoms with van der Waals surface area (Å²) in [5.41, 5.74) is 1.29. The first-order valence-electron chi connectivity index (χ1n) is 5.98. The average Bonchev–Trinajstić information content (AvgIpc) is 2.34. The van der Waals surface area contributed by atoms with Crippen molar-refractivity contribution in [3.63, 3.8) is 0 Å². The third kappa shape index (κ3) is 2.97. The molecule has 1 aliphatic heterocycles. The topological polar surface area (TPSA) is 61.4 Å². The molecule has 0 aliphatic carbocycles. The Bertz CT molecular complexity index is 412. The van der Waals surface area contributed by atoms with Gasteiger partial charge in [0.2, 0.25) is 0 Å². The van der Waals surface area contributed by atoms with Crippen LogP contribution in [0, 0.1) is 6.92 Å². The van der Waals surface area contributed by atoms with Crippen LogP contribution in [0.2, 0.25) is 0 Å². The van der Waals surface area contributed by atoms with Crippen LogP contribution in [0.4, 0.5) is 0 Å². The number of phenols is 1. The minimum absolute atomic E-state index is 0.117. The van der Waals surface area contributed by atoms with E-state index in [9.17, 15) is 9.90 Å². The van der Waals surface area contributed by atoms with E-state index >= 15 is 0 Å². The summed E-state index contributed by atoms with van der Waals surface area (Å²) in [5, 5.41) is 15.8. The van der Waals surface area contributed by atoms with Crippen LogP contribution in [0.15, 0.2) is 18.2 Å². The third-order valence-corrected chi connectivity index (χ3v) is 3.10. The quantitative estimate of drug-likeness (QED) is 0.720. The van der Waals surface area contributed by atoms with Crippen LogP contribution in [0.5, 0.6) is 5.75 Å². The molecule has 4 nitrogen and oxygen atoms in total. The van der Waals surface area contributed by atoms with E-state index < -0.39 is 0 Å². The van der Waals surface area contributed by atoms with Gasteiger partial charge in [-0.25, -0.2) is 0 Å². The Morgan fingerprint density at radius 2 is 2.35 bits per heavy atom. The van der Waals surface area contributed by atoms with E-state index in [-0.39, 0.29) is 17.7 Å². The molecular weight excluding hydrogens is 216 g/mol. The van der Waals surface area contributed by atoms with E-state index in [1.807, 2.05) is 6.92 Å². The highest BCUT2D eigenvalue weighted by molar-refractivity contribution is 5.94. The number of nitrogens with one attached hydrogen (secondary N) is 2.